The molecule has 1 heteroatoms. The van der Waals surface area contributed by atoms with Crippen molar-refractivity contribution in [1.82, 2.24) is 0 Å². The minimum absolute atomic E-state index is 1.13. The largest absolute Gasteiger partial charge is 0.311 e. The smallest absolute Gasteiger partial charge is 0.0462 e. The highest BCUT2D eigenvalue weighted by molar-refractivity contribution is 5.77. The van der Waals surface area contributed by atoms with E-state index in [0.717, 1.165) is 22.6 Å². The van der Waals surface area contributed by atoms with Crippen molar-refractivity contribution in [1.29, 1.82) is 0 Å². The number of hydrogen-bond acceptors (Lipinski definition) is 1. The Morgan fingerprint density at radius 3 is 1.44 bits per heavy atom. The number of hydrogen-bond donors (Lipinski definition) is 0. The molecular formula is C33H29N. The van der Waals surface area contributed by atoms with Gasteiger partial charge in [-0.15, -0.1) is 0 Å². The molecule has 0 spiro atoms. The monoisotopic (exact) mass is 439 g/mol. The Bertz CT molecular complexity index is 1240. The first-order chi connectivity index (χ1) is 16.8. The minimum atomic E-state index is 1.13. The molecule has 0 amide bonds. The lowest BCUT2D eigenvalue weighted by Crippen LogP contribution is -2.09. The van der Waals surface area contributed by atoms with Gasteiger partial charge in [0.25, 0.3) is 0 Å². The molecule has 0 N–H and O–H groups in total. The van der Waals surface area contributed by atoms with Gasteiger partial charge in [0, 0.05) is 17.1 Å². The van der Waals surface area contributed by atoms with Gasteiger partial charge in [0.15, 0.2) is 0 Å². The number of anilines is 3. The fourth-order valence-corrected chi connectivity index (χ4v) is 3.71. The van der Waals surface area contributed by atoms with E-state index in [1.807, 2.05) is 31.2 Å². The molecule has 0 fully saturated rings. The SMILES string of the molecule is CC=CC=Cc1cccc(C=CC=Cc2ccc(N(c3ccccc3)c3ccccc3)cc2)c1. The van der Waals surface area contributed by atoms with E-state index >= 15 is 0 Å². The summed E-state index contributed by atoms with van der Waals surface area (Å²) in [6.07, 6.45) is 16.7. The summed E-state index contributed by atoms with van der Waals surface area (Å²) in [6, 6.07) is 38.1. The molecule has 0 heterocycles. The molecule has 166 valence electrons. The first-order valence-electron chi connectivity index (χ1n) is 11.6. The molecule has 34 heavy (non-hydrogen) atoms. The van der Waals surface area contributed by atoms with Crippen molar-refractivity contribution in [2.75, 3.05) is 4.90 Å². The molecular weight excluding hydrogens is 410 g/mol. The molecule has 0 aliphatic rings. The molecule has 0 aliphatic carbocycles. The lowest BCUT2D eigenvalue weighted by molar-refractivity contribution is 1.28. The van der Waals surface area contributed by atoms with Crippen molar-refractivity contribution in [3.63, 3.8) is 0 Å². The molecule has 4 aromatic carbocycles. The topological polar surface area (TPSA) is 3.24 Å². The fourth-order valence-electron chi connectivity index (χ4n) is 3.71. The van der Waals surface area contributed by atoms with Crippen LogP contribution in [-0.2, 0) is 0 Å². The first kappa shape index (κ1) is 22.8. The van der Waals surface area contributed by atoms with E-state index in [2.05, 4.69) is 138 Å². The van der Waals surface area contributed by atoms with E-state index in [0.29, 0.717) is 0 Å². The maximum Gasteiger partial charge on any atom is 0.0462 e. The van der Waals surface area contributed by atoms with E-state index < -0.39 is 0 Å². The molecule has 0 saturated heterocycles. The Kier molecular flexibility index (Phi) is 8.08. The lowest BCUT2D eigenvalue weighted by atomic mass is 10.1. The molecule has 0 atom stereocenters. The van der Waals surface area contributed by atoms with Crippen LogP contribution in [0.4, 0.5) is 17.1 Å². The third-order valence-corrected chi connectivity index (χ3v) is 5.37. The number of rotatable bonds is 8. The fraction of sp³-hybridized carbons (Fsp3) is 0.0303. The van der Waals surface area contributed by atoms with Crippen LogP contribution in [0, 0.1) is 0 Å². The normalized spacial score (nSPS) is 11.8. The molecule has 4 aromatic rings. The Labute approximate surface area is 203 Å². The van der Waals surface area contributed by atoms with E-state index in [4.69, 9.17) is 0 Å². The maximum atomic E-state index is 2.27. The van der Waals surface area contributed by atoms with Crippen molar-refractivity contribution in [2.24, 2.45) is 0 Å². The van der Waals surface area contributed by atoms with Gasteiger partial charge in [-0.3, -0.25) is 0 Å². The van der Waals surface area contributed by atoms with E-state index in [1.54, 1.807) is 0 Å². The van der Waals surface area contributed by atoms with Crippen LogP contribution in [-0.4, -0.2) is 0 Å². The Balaban J connectivity index is 1.47. The molecule has 0 aliphatic heterocycles. The molecule has 4 rings (SSSR count). The van der Waals surface area contributed by atoms with Gasteiger partial charge in [-0.1, -0.05) is 115 Å². The van der Waals surface area contributed by atoms with Gasteiger partial charge in [0.05, 0.1) is 0 Å². The summed E-state index contributed by atoms with van der Waals surface area (Å²) in [5, 5.41) is 0. The molecule has 0 saturated carbocycles. The van der Waals surface area contributed by atoms with Crippen LogP contribution in [0.25, 0.3) is 18.2 Å². The zero-order valence-electron chi connectivity index (χ0n) is 19.5. The van der Waals surface area contributed by atoms with Gasteiger partial charge in [0.1, 0.15) is 0 Å². The number of benzene rings is 4. The summed E-state index contributed by atoms with van der Waals surface area (Å²) in [5.41, 5.74) is 6.96. The zero-order valence-corrected chi connectivity index (χ0v) is 19.5. The molecule has 0 radical (unpaired) electrons. The predicted molar refractivity (Wildman–Crippen MR) is 149 cm³/mol. The van der Waals surface area contributed by atoms with Crippen LogP contribution in [0.5, 0.6) is 0 Å². The predicted octanol–water partition coefficient (Wildman–Crippen LogP) is 9.47. The van der Waals surface area contributed by atoms with Crippen LogP contribution in [0.3, 0.4) is 0 Å². The highest BCUT2D eigenvalue weighted by Gasteiger charge is 2.11. The summed E-state index contributed by atoms with van der Waals surface area (Å²) in [4.78, 5) is 2.27. The Morgan fingerprint density at radius 1 is 0.441 bits per heavy atom. The zero-order chi connectivity index (χ0) is 23.4. The van der Waals surface area contributed by atoms with Crippen molar-refractivity contribution < 1.29 is 0 Å². The number of para-hydroxylation sites is 2. The molecule has 0 unspecified atom stereocenters. The van der Waals surface area contributed by atoms with Gasteiger partial charge in [-0.25, -0.2) is 0 Å². The highest BCUT2D eigenvalue weighted by Crippen LogP contribution is 2.34. The highest BCUT2D eigenvalue weighted by atomic mass is 15.1. The van der Waals surface area contributed by atoms with E-state index in [1.165, 1.54) is 11.1 Å². The van der Waals surface area contributed by atoms with Crippen LogP contribution in [0.15, 0.2) is 140 Å². The Hall–Kier alpha value is -4.36. The number of allylic oxidation sites excluding steroid dienone is 5. The lowest BCUT2D eigenvalue weighted by Gasteiger charge is -2.25. The van der Waals surface area contributed by atoms with Gasteiger partial charge in [-0.05, 0) is 66.1 Å². The molecule has 0 bridgehead atoms. The summed E-state index contributed by atoms with van der Waals surface area (Å²) < 4.78 is 0. The van der Waals surface area contributed by atoms with Gasteiger partial charge in [0.2, 0.25) is 0 Å². The second-order valence-corrected chi connectivity index (χ2v) is 7.87. The van der Waals surface area contributed by atoms with Gasteiger partial charge < -0.3 is 4.90 Å². The number of nitrogens with zero attached hydrogens (tertiary/aromatic N) is 1. The van der Waals surface area contributed by atoms with Crippen LogP contribution >= 0.6 is 0 Å². The summed E-state index contributed by atoms with van der Waals surface area (Å²) in [5.74, 6) is 0. The maximum absolute atomic E-state index is 2.27. The average molecular weight is 440 g/mol. The van der Waals surface area contributed by atoms with Crippen LogP contribution in [0.2, 0.25) is 0 Å². The minimum Gasteiger partial charge on any atom is -0.311 e. The van der Waals surface area contributed by atoms with E-state index in [9.17, 15) is 0 Å². The van der Waals surface area contributed by atoms with Crippen molar-refractivity contribution in [3.8, 4) is 0 Å². The van der Waals surface area contributed by atoms with Crippen molar-refractivity contribution in [2.45, 2.75) is 6.92 Å². The summed E-state index contributed by atoms with van der Waals surface area (Å²) in [6.45, 7) is 2.02. The summed E-state index contributed by atoms with van der Waals surface area (Å²) in [7, 11) is 0. The van der Waals surface area contributed by atoms with Gasteiger partial charge in [-0.2, -0.15) is 0 Å². The second kappa shape index (κ2) is 12.0. The van der Waals surface area contributed by atoms with Crippen LogP contribution < -0.4 is 4.90 Å². The molecule has 1 nitrogen and oxygen atoms in total. The second-order valence-electron chi connectivity index (χ2n) is 7.87. The average Bonchev–Trinajstić information content (AvgIpc) is 2.89. The van der Waals surface area contributed by atoms with Crippen molar-refractivity contribution in [3.05, 3.63) is 156 Å². The Morgan fingerprint density at radius 2 is 0.912 bits per heavy atom. The standard InChI is InChI=1S/C33H29N/c1-2-3-6-15-29-17-13-18-30(27-29)16-12-11-14-28-23-25-33(26-24-28)34(31-19-7-4-8-20-31)32-21-9-5-10-22-32/h2-27H,1H3. The molecule has 0 aromatic heterocycles. The van der Waals surface area contributed by atoms with Crippen LogP contribution in [0.1, 0.15) is 23.6 Å². The third kappa shape index (κ3) is 6.34. The quantitative estimate of drug-likeness (QED) is 0.247. The van der Waals surface area contributed by atoms with Crippen molar-refractivity contribution >= 4 is 35.3 Å². The van der Waals surface area contributed by atoms with E-state index in [-0.39, 0.29) is 0 Å². The first-order valence-corrected chi connectivity index (χ1v) is 11.6. The van der Waals surface area contributed by atoms with Gasteiger partial charge >= 0.3 is 0 Å². The third-order valence-electron chi connectivity index (χ3n) is 5.37. The summed E-state index contributed by atoms with van der Waals surface area (Å²) >= 11 is 0.